The molecule has 0 atom stereocenters. The van der Waals surface area contributed by atoms with Gasteiger partial charge in [0.1, 0.15) is 0 Å². The summed E-state index contributed by atoms with van der Waals surface area (Å²) >= 11 is 1.89. The molecule has 0 saturated carbocycles. The van der Waals surface area contributed by atoms with E-state index < -0.39 is 0 Å². The minimum atomic E-state index is 0.719. The standard InChI is InChI=1S/C17H22N2S/c1-4-10-19(11-5-2)13-15-14-8-6-7-9-16(14)20-17(15)12-18-3/h1,6-9,18H,5,10-13H2,2-3H3. The molecule has 1 heterocycles. The van der Waals surface area contributed by atoms with Crippen molar-refractivity contribution in [2.75, 3.05) is 20.1 Å². The van der Waals surface area contributed by atoms with Crippen molar-refractivity contribution in [3.63, 3.8) is 0 Å². The molecule has 0 bridgehead atoms. The van der Waals surface area contributed by atoms with Gasteiger partial charge in [0.25, 0.3) is 0 Å². The van der Waals surface area contributed by atoms with Gasteiger partial charge < -0.3 is 5.32 Å². The molecule has 2 rings (SSSR count). The number of thiophene rings is 1. The highest BCUT2D eigenvalue weighted by atomic mass is 32.1. The first-order valence-corrected chi connectivity index (χ1v) is 7.91. The summed E-state index contributed by atoms with van der Waals surface area (Å²) in [5.41, 5.74) is 1.43. The van der Waals surface area contributed by atoms with Crippen LogP contribution in [0.4, 0.5) is 0 Å². The Hall–Kier alpha value is -1.34. The number of terminal acetylenes is 1. The minimum absolute atomic E-state index is 0.719. The van der Waals surface area contributed by atoms with Crippen LogP contribution in [0.5, 0.6) is 0 Å². The lowest BCUT2D eigenvalue weighted by Crippen LogP contribution is -2.25. The van der Waals surface area contributed by atoms with Crippen LogP contribution in [0.3, 0.4) is 0 Å². The average molecular weight is 286 g/mol. The summed E-state index contributed by atoms with van der Waals surface area (Å²) in [6, 6.07) is 8.65. The Morgan fingerprint density at radius 1 is 1.35 bits per heavy atom. The van der Waals surface area contributed by atoms with Crippen LogP contribution in [0.25, 0.3) is 10.1 Å². The van der Waals surface area contributed by atoms with Gasteiger partial charge in [-0.25, -0.2) is 0 Å². The molecule has 0 fully saturated rings. The molecular formula is C17H22N2S. The van der Waals surface area contributed by atoms with E-state index in [1.807, 2.05) is 18.4 Å². The third kappa shape index (κ3) is 3.40. The predicted molar refractivity (Wildman–Crippen MR) is 89.0 cm³/mol. The molecule has 1 aromatic heterocycles. The molecule has 0 unspecified atom stereocenters. The highest BCUT2D eigenvalue weighted by Crippen LogP contribution is 2.32. The second-order valence-corrected chi connectivity index (χ2v) is 6.08. The van der Waals surface area contributed by atoms with Crippen molar-refractivity contribution in [2.45, 2.75) is 26.4 Å². The van der Waals surface area contributed by atoms with Gasteiger partial charge in [0.05, 0.1) is 6.54 Å². The third-order valence-corrected chi connectivity index (χ3v) is 4.57. The molecule has 0 aliphatic rings. The first-order valence-electron chi connectivity index (χ1n) is 7.09. The fourth-order valence-electron chi connectivity index (χ4n) is 2.51. The van der Waals surface area contributed by atoms with Gasteiger partial charge >= 0.3 is 0 Å². The molecule has 0 radical (unpaired) electrons. The maximum Gasteiger partial charge on any atom is 0.0601 e. The fourth-order valence-corrected chi connectivity index (χ4v) is 3.74. The maximum absolute atomic E-state index is 5.50. The van der Waals surface area contributed by atoms with Gasteiger partial charge in [-0.2, -0.15) is 0 Å². The summed E-state index contributed by atoms with van der Waals surface area (Å²) < 4.78 is 1.37. The van der Waals surface area contributed by atoms with Crippen molar-refractivity contribution in [1.82, 2.24) is 10.2 Å². The van der Waals surface area contributed by atoms with Crippen LogP contribution in [-0.2, 0) is 13.1 Å². The molecule has 1 aromatic carbocycles. The molecule has 2 nitrogen and oxygen atoms in total. The van der Waals surface area contributed by atoms with Crippen LogP contribution in [0.1, 0.15) is 23.8 Å². The van der Waals surface area contributed by atoms with Crippen LogP contribution in [0, 0.1) is 12.3 Å². The summed E-state index contributed by atoms with van der Waals surface area (Å²) in [4.78, 5) is 3.78. The van der Waals surface area contributed by atoms with Gasteiger partial charge in [-0.05, 0) is 37.0 Å². The molecular weight excluding hydrogens is 264 g/mol. The molecule has 0 aliphatic carbocycles. The van der Waals surface area contributed by atoms with Gasteiger partial charge in [-0.3, -0.25) is 4.90 Å². The Kier molecular flexibility index (Phi) is 5.60. The Morgan fingerprint density at radius 3 is 2.85 bits per heavy atom. The highest BCUT2D eigenvalue weighted by molar-refractivity contribution is 7.19. The van der Waals surface area contributed by atoms with Crippen LogP contribution in [0.2, 0.25) is 0 Å². The van der Waals surface area contributed by atoms with Crippen LogP contribution in [0.15, 0.2) is 24.3 Å². The molecule has 0 saturated heterocycles. The average Bonchev–Trinajstić information content (AvgIpc) is 2.78. The van der Waals surface area contributed by atoms with E-state index in [2.05, 4.69) is 47.3 Å². The normalized spacial score (nSPS) is 11.1. The molecule has 1 N–H and O–H groups in total. The summed E-state index contributed by atoms with van der Waals surface area (Å²) in [6.45, 7) is 5.83. The van der Waals surface area contributed by atoms with E-state index >= 15 is 0 Å². The number of nitrogens with one attached hydrogen (secondary N) is 1. The Morgan fingerprint density at radius 2 is 2.15 bits per heavy atom. The second-order valence-electron chi connectivity index (χ2n) is 4.95. The van der Waals surface area contributed by atoms with Gasteiger partial charge in [0, 0.05) is 22.7 Å². The Balaban J connectivity index is 2.34. The quantitative estimate of drug-likeness (QED) is 0.784. The van der Waals surface area contributed by atoms with Crippen LogP contribution < -0.4 is 5.32 Å². The fraction of sp³-hybridized carbons (Fsp3) is 0.412. The minimum Gasteiger partial charge on any atom is -0.315 e. The smallest absolute Gasteiger partial charge is 0.0601 e. The lowest BCUT2D eigenvalue weighted by atomic mass is 10.1. The van der Waals surface area contributed by atoms with Crippen molar-refractivity contribution in [1.29, 1.82) is 0 Å². The van der Waals surface area contributed by atoms with Gasteiger partial charge in [0.15, 0.2) is 0 Å². The Labute approximate surface area is 125 Å². The third-order valence-electron chi connectivity index (χ3n) is 3.36. The van der Waals surface area contributed by atoms with Crippen molar-refractivity contribution in [3.05, 3.63) is 34.7 Å². The molecule has 0 spiro atoms. The molecule has 20 heavy (non-hydrogen) atoms. The number of benzene rings is 1. The number of hydrogen-bond acceptors (Lipinski definition) is 3. The predicted octanol–water partition coefficient (Wildman–Crippen LogP) is 3.47. The molecule has 3 heteroatoms. The van der Waals surface area contributed by atoms with Crippen molar-refractivity contribution in [3.8, 4) is 12.3 Å². The topological polar surface area (TPSA) is 15.3 Å². The Bertz CT molecular complexity index is 595. The summed E-state index contributed by atoms with van der Waals surface area (Å²) in [5.74, 6) is 2.78. The van der Waals surface area contributed by atoms with Gasteiger partial charge in [-0.15, -0.1) is 17.8 Å². The van der Waals surface area contributed by atoms with E-state index in [1.54, 1.807) is 0 Å². The largest absolute Gasteiger partial charge is 0.315 e. The highest BCUT2D eigenvalue weighted by Gasteiger charge is 2.14. The SMILES string of the molecule is C#CCN(CCC)Cc1c(CNC)sc2ccccc12. The maximum atomic E-state index is 5.50. The van der Waals surface area contributed by atoms with E-state index in [-0.39, 0.29) is 0 Å². The first kappa shape index (κ1) is 15.1. The van der Waals surface area contributed by atoms with Crippen LogP contribution in [-0.4, -0.2) is 25.0 Å². The summed E-state index contributed by atoms with van der Waals surface area (Å²) in [5, 5.41) is 4.65. The molecule has 2 aromatic rings. The van der Waals surface area contributed by atoms with E-state index in [0.29, 0.717) is 0 Å². The van der Waals surface area contributed by atoms with E-state index in [0.717, 1.165) is 32.6 Å². The zero-order chi connectivity index (χ0) is 14.4. The molecule has 106 valence electrons. The number of hydrogen-bond donors (Lipinski definition) is 1. The zero-order valence-electron chi connectivity index (χ0n) is 12.3. The number of fused-ring (bicyclic) bond motifs is 1. The summed E-state index contributed by atoms with van der Waals surface area (Å²) in [7, 11) is 2.00. The lowest BCUT2D eigenvalue weighted by molar-refractivity contribution is 0.300. The number of nitrogens with zero attached hydrogens (tertiary/aromatic N) is 1. The second kappa shape index (κ2) is 7.44. The van der Waals surface area contributed by atoms with E-state index in [1.165, 1.54) is 20.5 Å². The van der Waals surface area contributed by atoms with Gasteiger partial charge in [0.2, 0.25) is 0 Å². The van der Waals surface area contributed by atoms with E-state index in [4.69, 9.17) is 6.42 Å². The molecule has 0 amide bonds. The van der Waals surface area contributed by atoms with Crippen molar-refractivity contribution >= 4 is 21.4 Å². The zero-order valence-corrected chi connectivity index (χ0v) is 13.1. The van der Waals surface area contributed by atoms with E-state index in [9.17, 15) is 0 Å². The summed E-state index contributed by atoms with van der Waals surface area (Å²) in [6.07, 6.45) is 6.63. The number of rotatable bonds is 7. The van der Waals surface area contributed by atoms with Crippen LogP contribution >= 0.6 is 11.3 Å². The van der Waals surface area contributed by atoms with Crippen molar-refractivity contribution in [2.24, 2.45) is 0 Å². The van der Waals surface area contributed by atoms with Gasteiger partial charge in [-0.1, -0.05) is 31.0 Å². The monoisotopic (exact) mass is 286 g/mol. The first-order chi connectivity index (χ1) is 9.80. The molecule has 0 aliphatic heterocycles. The van der Waals surface area contributed by atoms with Crippen molar-refractivity contribution < 1.29 is 0 Å². The lowest BCUT2D eigenvalue weighted by Gasteiger charge is -2.19.